The van der Waals surface area contributed by atoms with Crippen molar-refractivity contribution in [2.45, 2.75) is 10.3 Å². The predicted octanol–water partition coefficient (Wildman–Crippen LogP) is 2.57. The predicted molar refractivity (Wildman–Crippen MR) is 54.2 cm³/mol. The summed E-state index contributed by atoms with van der Waals surface area (Å²) in [4.78, 5) is 0. The average Bonchev–Trinajstić information content (AvgIpc) is 2.69. The lowest BCUT2D eigenvalue weighted by Crippen LogP contribution is -1.93. The summed E-state index contributed by atoms with van der Waals surface area (Å²) in [6.07, 6.45) is 0. The minimum absolute atomic E-state index is 0.0155. The van der Waals surface area contributed by atoms with E-state index in [-0.39, 0.29) is 18.4 Å². The van der Waals surface area contributed by atoms with Crippen LogP contribution in [0.25, 0.3) is 0 Å². The molecule has 1 aromatic rings. The zero-order valence-electron chi connectivity index (χ0n) is 6.95. The number of alkyl halides is 2. The zero-order chi connectivity index (χ0) is 9.47. The fourth-order valence-corrected chi connectivity index (χ4v) is 2.55. The largest absolute Gasteiger partial charge is 0.396 e. The molecule has 0 heterocycles. The highest BCUT2D eigenvalue weighted by Crippen LogP contribution is 2.64. The molecule has 0 aromatic heterocycles. The molecule has 13 heavy (non-hydrogen) atoms. The fourth-order valence-electron chi connectivity index (χ4n) is 1.73. The van der Waals surface area contributed by atoms with Crippen LogP contribution >= 0.6 is 23.2 Å². The molecule has 1 fully saturated rings. The summed E-state index contributed by atoms with van der Waals surface area (Å²) in [6, 6.07) is 9.82. The molecule has 0 bridgehead atoms. The molecule has 1 aliphatic carbocycles. The van der Waals surface area contributed by atoms with Crippen molar-refractivity contribution < 1.29 is 5.11 Å². The maximum absolute atomic E-state index is 9.00. The fraction of sp³-hybridized carbons (Fsp3) is 0.400. The average molecular weight is 217 g/mol. The molecule has 0 saturated heterocycles. The highest BCUT2D eigenvalue weighted by atomic mass is 35.5. The van der Waals surface area contributed by atoms with Gasteiger partial charge in [-0.05, 0) is 5.56 Å². The topological polar surface area (TPSA) is 20.2 Å². The lowest BCUT2D eigenvalue weighted by atomic mass is 10.1. The molecule has 70 valence electrons. The Balaban J connectivity index is 2.22. The van der Waals surface area contributed by atoms with Gasteiger partial charge in [0.25, 0.3) is 0 Å². The summed E-state index contributed by atoms with van der Waals surface area (Å²) >= 11 is 12.0. The van der Waals surface area contributed by atoms with E-state index in [1.807, 2.05) is 30.3 Å². The van der Waals surface area contributed by atoms with E-state index in [2.05, 4.69) is 0 Å². The number of benzene rings is 1. The third-order valence-corrected chi connectivity index (χ3v) is 3.59. The van der Waals surface area contributed by atoms with Crippen LogP contribution in [0.15, 0.2) is 30.3 Å². The molecule has 1 aromatic carbocycles. The van der Waals surface area contributed by atoms with Crippen LogP contribution in [0.3, 0.4) is 0 Å². The van der Waals surface area contributed by atoms with Crippen molar-refractivity contribution >= 4 is 23.2 Å². The Morgan fingerprint density at radius 3 is 2.31 bits per heavy atom. The Hall–Kier alpha value is -0.240. The molecule has 1 N–H and O–H groups in total. The number of hydrogen-bond acceptors (Lipinski definition) is 1. The second-order valence-corrected chi connectivity index (χ2v) is 4.80. The van der Waals surface area contributed by atoms with Gasteiger partial charge in [-0.2, -0.15) is 0 Å². The maximum Gasteiger partial charge on any atom is 0.131 e. The van der Waals surface area contributed by atoms with Crippen LogP contribution in [0, 0.1) is 5.92 Å². The minimum Gasteiger partial charge on any atom is -0.396 e. The van der Waals surface area contributed by atoms with Crippen molar-refractivity contribution in [1.29, 1.82) is 0 Å². The van der Waals surface area contributed by atoms with E-state index in [4.69, 9.17) is 28.3 Å². The van der Waals surface area contributed by atoms with Crippen LogP contribution in [0.2, 0.25) is 0 Å². The summed E-state index contributed by atoms with van der Waals surface area (Å²) in [7, 11) is 0. The van der Waals surface area contributed by atoms with Crippen molar-refractivity contribution in [3.05, 3.63) is 35.9 Å². The number of aliphatic hydroxyl groups is 1. The van der Waals surface area contributed by atoms with E-state index in [0.29, 0.717) is 0 Å². The van der Waals surface area contributed by atoms with Crippen LogP contribution in [-0.4, -0.2) is 16.0 Å². The molecular formula is C10H10Cl2O. The van der Waals surface area contributed by atoms with Crippen molar-refractivity contribution in [3.8, 4) is 0 Å². The molecule has 0 radical (unpaired) electrons. The van der Waals surface area contributed by atoms with Crippen LogP contribution < -0.4 is 0 Å². The van der Waals surface area contributed by atoms with Gasteiger partial charge in [0.1, 0.15) is 4.33 Å². The Labute approximate surface area is 87.3 Å². The van der Waals surface area contributed by atoms with Gasteiger partial charge >= 0.3 is 0 Å². The van der Waals surface area contributed by atoms with Crippen molar-refractivity contribution in [3.63, 3.8) is 0 Å². The van der Waals surface area contributed by atoms with Gasteiger partial charge in [-0.15, -0.1) is 23.2 Å². The summed E-state index contributed by atoms with van der Waals surface area (Å²) < 4.78 is -0.768. The molecule has 3 heteroatoms. The number of rotatable bonds is 2. The zero-order valence-corrected chi connectivity index (χ0v) is 8.46. The summed E-state index contributed by atoms with van der Waals surface area (Å²) in [5.74, 6) is 0.0697. The molecule has 1 saturated carbocycles. The Morgan fingerprint density at radius 2 is 1.85 bits per heavy atom. The standard InChI is InChI=1S/C10H10Cl2O/c11-10(12)8(6-13)9(10)7-4-2-1-3-5-7/h1-5,8-9,13H,6H2. The van der Waals surface area contributed by atoms with Gasteiger partial charge in [-0.1, -0.05) is 30.3 Å². The first kappa shape index (κ1) is 9.32. The van der Waals surface area contributed by atoms with E-state index >= 15 is 0 Å². The molecular weight excluding hydrogens is 207 g/mol. The first-order valence-electron chi connectivity index (χ1n) is 4.21. The smallest absolute Gasteiger partial charge is 0.131 e. The van der Waals surface area contributed by atoms with E-state index < -0.39 is 4.33 Å². The van der Waals surface area contributed by atoms with Crippen LogP contribution in [0.5, 0.6) is 0 Å². The monoisotopic (exact) mass is 216 g/mol. The van der Waals surface area contributed by atoms with Crippen molar-refractivity contribution in [2.24, 2.45) is 5.92 Å². The minimum atomic E-state index is -0.768. The third kappa shape index (κ3) is 1.45. The lowest BCUT2D eigenvalue weighted by molar-refractivity contribution is 0.273. The molecule has 0 spiro atoms. The van der Waals surface area contributed by atoms with Crippen molar-refractivity contribution in [1.82, 2.24) is 0 Å². The third-order valence-electron chi connectivity index (χ3n) is 2.56. The van der Waals surface area contributed by atoms with E-state index in [1.165, 1.54) is 0 Å². The highest BCUT2D eigenvalue weighted by molar-refractivity contribution is 6.51. The molecule has 1 nitrogen and oxygen atoms in total. The highest BCUT2D eigenvalue weighted by Gasteiger charge is 2.63. The number of halogens is 2. The first-order valence-corrected chi connectivity index (χ1v) is 4.97. The summed E-state index contributed by atoms with van der Waals surface area (Å²) in [5.41, 5.74) is 1.10. The van der Waals surface area contributed by atoms with Gasteiger partial charge < -0.3 is 5.11 Å². The molecule has 0 aliphatic heterocycles. The Kier molecular flexibility index (Phi) is 2.26. The second kappa shape index (κ2) is 3.16. The second-order valence-electron chi connectivity index (χ2n) is 3.35. The quantitative estimate of drug-likeness (QED) is 0.755. The van der Waals surface area contributed by atoms with E-state index in [9.17, 15) is 0 Å². The SMILES string of the molecule is OCC1C(c2ccccc2)C1(Cl)Cl. The number of hydrogen-bond donors (Lipinski definition) is 1. The normalized spacial score (nSPS) is 30.1. The van der Waals surface area contributed by atoms with Gasteiger partial charge in [0.15, 0.2) is 0 Å². The molecule has 2 atom stereocenters. The van der Waals surface area contributed by atoms with Crippen LogP contribution in [0.4, 0.5) is 0 Å². The van der Waals surface area contributed by atoms with Crippen LogP contribution in [0.1, 0.15) is 11.5 Å². The first-order chi connectivity index (χ1) is 6.18. The molecule has 2 unspecified atom stereocenters. The van der Waals surface area contributed by atoms with Gasteiger partial charge in [0.05, 0.1) is 0 Å². The molecule has 0 amide bonds. The Morgan fingerprint density at radius 1 is 1.23 bits per heavy atom. The van der Waals surface area contributed by atoms with Crippen LogP contribution in [-0.2, 0) is 0 Å². The van der Waals surface area contributed by atoms with Gasteiger partial charge in [-0.3, -0.25) is 0 Å². The van der Waals surface area contributed by atoms with Gasteiger partial charge in [-0.25, -0.2) is 0 Å². The van der Waals surface area contributed by atoms with E-state index in [0.717, 1.165) is 5.56 Å². The van der Waals surface area contributed by atoms with Gasteiger partial charge in [0.2, 0.25) is 0 Å². The summed E-state index contributed by atoms with van der Waals surface area (Å²) in [6.45, 7) is 0.0482. The summed E-state index contributed by atoms with van der Waals surface area (Å²) in [5, 5.41) is 9.00. The maximum atomic E-state index is 9.00. The molecule has 2 rings (SSSR count). The Bertz CT molecular complexity index is 297. The van der Waals surface area contributed by atoms with Crippen molar-refractivity contribution in [2.75, 3.05) is 6.61 Å². The van der Waals surface area contributed by atoms with E-state index in [1.54, 1.807) is 0 Å². The lowest BCUT2D eigenvalue weighted by Gasteiger charge is -1.98. The molecule has 1 aliphatic rings. The number of aliphatic hydroxyl groups excluding tert-OH is 1. The van der Waals surface area contributed by atoms with Gasteiger partial charge in [0, 0.05) is 18.4 Å².